The normalized spacial score (nSPS) is 10.2. The highest BCUT2D eigenvalue weighted by Crippen LogP contribution is 2.25. The summed E-state index contributed by atoms with van der Waals surface area (Å²) in [6, 6.07) is 11.0. The maximum atomic E-state index is 13.9. The Labute approximate surface area is 122 Å². The molecule has 0 heterocycles. The fourth-order valence-electron chi connectivity index (χ4n) is 2.09. The molecule has 0 aliphatic carbocycles. The maximum Gasteiger partial charge on any atom is 0.260 e. The minimum Gasteiger partial charge on any atom is -0.497 e. The van der Waals surface area contributed by atoms with Gasteiger partial charge >= 0.3 is 0 Å². The van der Waals surface area contributed by atoms with Gasteiger partial charge in [-0.2, -0.15) is 0 Å². The molecule has 0 saturated heterocycles. The summed E-state index contributed by atoms with van der Waals surface area (Å²) >= 11 is 0. The average molecular weight is 288 g/mol. The van der Waals surface area contributed by atoms with Crippen LogP contribution in [0, 0.1) is 5.82 Å². The largest absolute Gasteiger partial charge is 0.497 e. The average Bonchev–Trinajstić information content (AvgIpc) is 2.50. The number of methoxy groups -OCH3 is 1. The molecule has 2 aromatic carbocycles. The second-order valence-electron chi connectivity index (χ2n) is 4.45. The van der Waals surface area contributed by atoms with Crippen LogP contribution in [0.15, 0.2) is 42.5 Å². The Morgan fingerprint density at radius 1 is 1.29 bits per heavy atom. The van der Waals surface area contributed by atoms with Crippen molar-refractivity contribution in [3.63, 3.8) is 0 Å². The number of amides is 1. The van der Waals surface area contributed by atoms with Gasteiger partial charge in [0.15, 0.2) is 0 Å². The molecule has 2 aromatic rings. The number of rotatable bonds is 4. The number of ether oxygens (including phenoxy) is 1. The van der Waals surface area contributed by atoms with Crippen LogP contribution in [-0.4, -0.2) is 19.6 Å². The van der Waals surface area contributed by atoms with Crippen molar-refractivity contribution in [1.82, 2.24) is 0 Å². The first-order valence-corrected chi connectivity index (χ1v) is 6.58. The maximum absolute atomic E-state index is 13.9. The fourth-order valence-corrected chi connectivity index (χ4v) is 2.09. The number of hydrogen-bond donors (Lipinski definition) is 1. The highest BCUT2D eigenvalue weighted by molar-refractivity contribution is 6.09. The van der Waals surface area contributed by atoms with E-state index in [0.29, 0.717) is 23.5 Å². The van der Waals surface area contributed by atoms with Crippen molar-refractivity contribution >= 4 is 17.3 Å². The summed E-state index contributed by atoms with van der Waals surface area (Å²) in [7, 11) is 1.51. The van der Waals surface area contributed by atoms with Gasteiger partial charge < -0.3 is 15.4 Å². The topological polar surface area (TPSA) is 55.6 Å². The van der Waals surface area contributed by atoms with E-state index in [9.17, 15) is 9.18 Å². The van der Waals surface area contributed by atoms with Crippen LogP contribution in [0.4, 0.5) is 15.8 Å². The number of nitrogen functional groups attached to an aromatic ring is 1. The summed E-state index contributed by atoms with van der Waals surface area (Å²) in [4.78, 5) is 14.0. The van der Waals surface area contributed by atoms with Crippen LogP contribution >= 0.6 is 0 Å². The first-order valence-electron chi connectivity index (χ1n) is 6.58. The second-order valence-corrected chi connectivity index (χ2v) is 4.45. The monoisotopic (exact) mass is 288 g/mol. The molecule has 0 aliphatic heterocycles. The second kappa shape index (κ2) is 6.26. The van der Waals surface area contributed by atoms with Crippen LogP contribution in [0.2, 0.25) is 0 Å². The van der Waals surface area contributed by atoms with E-state index < -0.39 is 5.82 Å². The van der Waals surface area contributed by atoms with E-state index in [2.05, 4.69) is 0 Å². The van der Waals surface area contributed by atoms with Crippen molar-refractivity contribution in [3.05, 3.63) is 53.8 Å². The number of anilines is 2. The third kappa shape index (κ3) is 2.97. The van der Waals surface area contributed by atoms with Gasteiger partial charge in [0.1, 0.15) is 11.6 Å². The minimum atomic E-state index is -0.450. The number of para-hydroxylation sites is 1. The molecule has 0 fully saturated rings. The van der Waals surface area contributed by atoms with Gasteiger partial charge in [0.2, 0.25) is 0 Å². The summed E-state index contributed by atoms with van der Waals surface area (Å²) in [5.41, 5.74) is 6.71. The van der Waals surface area contributed by atoms with Gasteiger partial charge in [-0.1, -0.05) is 12.1 Å². The zero-order chi connectivity index (χ0) is 15.4. The van der Waals surface area contributed by atoms with Crippen molar-refractivity contribution < 1.29 is 13.9 Å². The lowest BCUT2D eigenvalue weighted by molar-refractivity contribution is 0.0988. The third-order valence-electron chi connectivity index (χ3n) is 3.20. The molecular weight excluding hydrogens is 271 g/mol. The van der Waals surface area contributed by atoms with Crippen LogP contribution in [0.3, 0.4) is 0 Å². The molecule has 0 unspecified atom stereocenters. The highest BCUT2D eigenvalue weighted by Gasteiger charge is 2.21. The van der Waals surface area contributed by atoms with Gasteiger partial charge in [-0.05, 0) is 37.3 Å². The Bertz CT molecular complexity index is 658. The Hall–Kier alpha value is -2.56. The van der Waals surface area contributed by atoms with Gasteiger partial charge in [-0.25, -0.2) is 4.39 Å². The number of nitrogens with two attached hydrogens (primary N) is 1. The zero-order valence-electron chi connectivity index (χ0n) is 12.0. The number of halogens is 1. The molecule has 2 rings (SSSR count). The third-order valence-corrected chi connectivity index (χ3v) is 3.20. The Morgan fingerprint density at radius 2 is 2.00 bits per heavy atom. The van der Waals surface area contributed by atoms with E-state index in [-0.39, 0.29) is 11.6 Å². The predicted molar refractivity (Wildman–Crippen MR) is 81.2 cm³/mol. The first-order chi connectivity index (χ1) is 10.1. The molecule has 0 aromatic heterocycles. The Balaban J connectivity index is 2.44. The van der Waals surface area contributed by atoms with Crippen molar-refractivity contribution in [2.75, 3.05) is 24.3 Å². The standard InChI is InChI=1S/C16H17FN2O2/c1-3-19(15-7-5-4-6-13(15)17)16(20)12-10-11(21-2)8-9-14(12)18/h4-10H,3,18H2,1-2H3. The summed E-state index contributed by atoms with van der Waals surface area (Å²) in [6.07, 6.45) is 0. The summed E-state index contributed by atoms with van der Waals surface area (Å²) < 4.78 is 19.0. The van der Waals surface area contributed by atoms with Crippen LogP contribution in [0.25, 0.3) is 0 Å². The first kappa shape index (κ1) is 14.8. The summed E-state index contributed by atoms with van der Waals surface area (Å²) in [5, 5.41) is 0. The minimum absolute atomic E-state index is 0.229. The lowest BCUT2D eigenvalue weighted by Crippen LogP contribution is -2.32. The van der Waals surface area contributed by atoms with Gasteiger partial charge in [-0.3, -0.25) is 4.79 Å². The molecule has 2 N–H and O–H groups in total. The molecular formula is C16H17FN2O2. The zero-order valence-corrected chi connectivity index (χ0v) is 12.0. The molecule has 0 spiro atoms. The highest BCUT2D eigenvalue weighted by atomic mass is 19.1. The molecule has 0 saturated carbocycles. The van der Waals surface area contributed by atoms with Crippen LogP contribution in [-0.2, 0) is 0 Å². The van der Waals surface area contributed by atoms with E-state index in [1.165, 1.54) is 18.1 Å². The molecule has 0 radical (unpaired) electrons. The number of carbonyl (C=O) groups excluding carboxylic acids is 1. The lowest BCUT2D eigenvalue weighted by Gasteiger charge is -2.22. The van der Waals surface area contributed by atoms with E-state index in [1.54, 1.807) is 43.3 Å². The molecule has 21 heavy (non-hydrogen) atoms. The smallest absolute Gasteiger partial charge is 0.260 e. The van der Waals surface area contributed by atoms with Gasteiger partial charge in [0.25, 0.3) is 5.91 Å². The van der Waals surface area contributed by atoms with Crippen molar-refractivity contribution in [2.24, 2.45) is 0 Å². The molecule has 0 atom stereocenters. The van der Waals surface area contributed by atoms with E-state index in [1.807, 2.05) is 0 Å². The SMILES string of the molecule is CCN(C(=O)c1cc(OC)ccc1N)c1ccccc1F. The Kier molecular flexibility index (Phi) is 4.42. The van der Waals surface area contributed by atoms with Crippen LogP contribution < -0.4 is 15.4 Å². The van der Waals surface area contributed by atoms with E-state index in [4.69, 9.17) is 10.5 Å². The van der Waals surface area contributed by atoms with Crippen molar-refractivity contribution in [1.29, 1.82) is 0 Å². The van der Waals surface area contributed by atoms with Crippen molar-refractivity contribution in [3.8, 4) is 5.75 Å². The number of benzene rings is 2. The summed E-state index contributed by atoms with van der Waals surface area (Å²) in [6.45, 7) is 2.11. The fraction of sp³-hybridized carbons (Fsp3) is 0.188. The Morgan fingerprint density at radius 3 is 2.62 bits per heavy atom. The molecule has 0 bridgehead atoms. The molecule has 4 nitrogen and oxygen atoms in total. The molecule has 110 valence electrons. The van der Waals surface area contributed by atoms with Gasteiger partial charge in [0.05, 0.1) is 18.4 Å². The van der Waals surface area contributed by atoms with Gasteiger partial charge in [-0.15, -0.1) is 0 Å². The molecule has 0 aliphatic rings. The van der Waals surface area contributed by atoms with Crippen molar-refractivity contribution in [2.45, 2.75) is 6.92 Å². The molecule has 5 heteroatoms. The molecule has 1 amide bonds. The van der Waals surface area contributed by atoms with Crippen LogP contribution in [0.5, 0.6) is 5.75 Å². The number of nitrogens with zero attached hydrogens (tertiary/aromatic N) is 1. The number of carbonyl (C=O) groups is 1. The lowest BCUT2D eigenvalue weighted by atomic mass is 10.1. The quantitative estimate of drug-likeness (QED) is 0.880. The summed E-state index contributed by atoms with van der Waals surface area (Å²) in [5.74, 6) is -0.287. The van der Waals surface area contributed by atoms with Crippen LogP contribution in [0.1, 0.15) is 17.3 Å². The number of hydrogen-bond acceptors (Lipinski definition) is 3. The van der Waals surface area contributed by atoms with Gasteiger partial charge in [0, 0.05) is 12.2 Å². The van der Waals surface area contributed by atoms with E-state index in [0.717, 1.165) is 0 Å². The predicted octanol–water partition coefficient (Wildman–Crippen LogP) is 3.08. The van der Waals surface area contributed by atoms with E-state index >= 15 is 0 Å².